The summed E-state index contributed by atoms with van der Waals surface area (Å²) in [6, 6.07) is 9.04. The zero-order chi connectivity index (χ0) is 13.7. The normalized spacial score (nSPS) is 10.0. The summed E-state index contributed by atoms with van der Waals surface area (Å²) < 4.78 is 0. The molecule has 3 nitrogen and oxygen atoms in total. The van der Waals surface area contributed by atoms with Crippen LogP contribution in [0.3, 0.4) is 0 Å². The van der Waals surface area contributed by atoms with Gasteiger partial charge in [0.15, 0.2) is 5.11 Å². The lowest BCUT2D eigenvalue weighted by Crippen LogP contribution is -2.28. The Morgan fingerprint density at radius 1 is 1.26 bits per heavy atom. The molecule has 0 spiro atoms. The van der Waals surface area contributed by atoms with Crippen LogP contribution in [0.25, 0.3) is 0 Å². The summed E-state index contributed by atoms with van der Waals surface area (Å²) in [7, 11) is 0. The molecule has 1 aromatic carbocycles. The van der Waals surface area contributed by atoms with E-state index in [-0.39, 0.29) is 0 Å². The molecule has 6 heteroatoms. The molecule has 2 rings (SSSR count). The molecule has 0 unspecified atom stereocenters. The van der Waals surface area contributed by atoms with Crippen molar-refractivity contribution in [3.8, 4) is 0 Å². The Kier molecular flexibility index (Phi) is 4.96. The smallest absolute Gasteiger partial charge is 0.171 e. The number of benzene rings is 1. The van der Waals surface area contributed by atoms with E-state index in [2.05, 4.69) is 15.6 Å². The third-order valence-electron chi connectivity index (χ3n) is 2.37. The van der Waals surface area contributed by atoms with Gasteiger partial charge in [0, 0.05) is 22.8 Å². The largest absolute Gasteiger partial charge is 0.358 e. The van der Waals surface area contributed by atoms with Gasteiger partial charge in [-0.2, -0.15) is 0 Å². The lowest BCUT2D eigenvalue weighted by Gasteiger charge is -2.11. The molecule has 0 bridgehead atoms. The monoisotopic (exact) mass is 311 g/mol. The fraction of sp³-hybridized carbons (Fsp3) is 0.0769. The maximum atomic E-state index is 6.07. The van der Waals surface area contributed by atoms with Crippen LogP contribution in [0.2, 0.25) is 10.0 Å². The summed E-state index contributed by atoms with van der Waals surface area (Å²) in [5.41, 5.74) is 1.72. The Hall–Kier alpha value is -1.36. The van der Waals surface area contributed by atoms with Gasteiger partial charge in [0.1, 0.15) is 0 Å². The molecule has 0 aliphatic carbocycles. The van der Waals surface area contributed by atoms with Crippen LogP contribution < -0.4 is 10.6 Å². The van der Waals surface area contributed by atoms with E-state index in [4.69, 9.17) is 35.4 Å². The molecule has 0 radical (unpaired) electrons. The molecule has 0 fully saturated rings. The van der Waals surface area contributed by atoms with Crippen molar-refractivity contribution in [2.75, 3.05) is 5.32 Å². The molecule has 0 saturated heterocycles. The van der Waals surface area contributed by atoms with Gasteiger partial charge >= 0.3 is 0 Å². The predicted octanol–water partition coefficient (Wildman–Crippen LogP) is 3.88. The second-order valence-electron chi connectivity index (χ2n) is 3.79. The van der Waals surface area contributed by atoms with Gasteiger partial charge in [0.2, 0.25) is 0 Å². The van der Waals surface area contributed by atoms with Crippen LogP contribution in [0, 0.1) is 0 Å². The van der Waals surface area contributed by atoms with Crippen LogP contribution in [0.15, 0.2) is 42.7 Å². The topological polar surface area (TPSA) is 37.0 Å². The van der Waals surface area contributed by atoms with E-state index < -0.39 is 0 Å². The van der Waals surface area contributed by atoms with E-state index in [0.717, 1.165) is 11.3 Å². The number of rotatable bonds is 3. The molecule has 98 valence electrons. The highest BCUT2D eigenvalue weighted by atomic mass is 35.5. The van der Waals surface area contributed by atoms with Crippen molar-refractivity contribution in [1.82, 2.24) is 10.3 Å². The number of hydrogen-bond acceptors (Lipinski definition) is 2. The number of nitrogens with zero attached hydrogens (tertiary/aromatic N) is 1. The summed E-state index contributed by atoms with van der Waals surface area (Å²) in [6.45, 7) is 0.505. The van der Waals surface area contributed by atoms with Crippen molar-refractivity contribution >= 4 is 46.2 Å². The maximum Gasteiger partial charge on any atom is 0.171 e. The highest BCUT2D eigenvalue weighted by molar-refractivity contribution is 7.80. The Bertz CT molecular complexity index is 575. The fourth-order valence-corrected chi connectivity index (χ4v) is 2.04. The molecular formula is C13H11Cl2N3S. The van der Waals surface area contributed by atoms with E-state index in [9.17, 15) is 0 Å². The molecule has 1 aromatic heterocycles. The van der Waals surface area contributed by atoms with Gasteiger partial charge in [0.05, 0.1) is 11.9 Å². The Morgan fingerprint density at radius 2 is 2.11 bits per heavy atom. The molecular weight excluding hydrogens is 301 g/mol. The minimum Gasteiger partial charge on any atom is -0.358 e. The summed E-state index contributed by atoms with van der Waals surface area (Å²) in [4.78, 5) is 3.99. The standard InChI is InChI=1S/C13H11Cl2N3S/c14-10-3-4-12(15)9(6-10)7-17-13(19)18-11-2-1-5-16-8-11/h1-6,8H,7H2,(H2,17,18,19). The fourth-order valence-electron chi connectivity index (χ4n) is 1.47. The van der Waals surface area contributed by atoms with E-state index in [1.807, 2.05) is 18.2 Å². The SMILES string of the molecule is S=C(NCc1cc(Cl)ccc1Cl)Nc1cccnc1. The molecule has 1 heterocycles. The van der Waals surface area contributed by atoms with Crippen molar-refractivity contribution in [1.29, 1.82) is 0 Å². The van der Waals surface area contributed by atoms with Gasteiger partial charge in [0.25, 0.3) is 0 Å². The number of anilines is 1. The van der Waals surface area contributed by atoms with E-state index in [1.54, 1.807) is 24.5 Å². The first-order valence-electron chi connectivity index (χ1n) is 5.54. The number of pyridine rings is 1. The molecule has 0 aliphatic rings. The van der Waals surface area contributed by atoms with Crippen molar-refractivity contribution in [3.63, 3.8) is 0 Å². The number of halogens is 2. The molecule has 0 atom stereocenters. The Morgan fingerprint density at radius 3 is 2.84 bits per heavy atom. The number of nitrogens with one attached hydrogen (secondary N) is 2. The van der Waals surface area contributed by atoms with Crippen LogP contribution in [-0.2, 0) is 6.54 Å². The van der Waals surface area contributed by atoms with E-state index in [0.29, 0.717) is 21.7 Å². The second kappa shape index (κ2) is 6.70. The summed E-state index contributed by atoms with van der Waals surface area (Å²) in [6.07, 6.45) is 3.40. The van der Waals surface area contributed by atoms with Gasteiger partial charge in [-0.1, -0.05) is 23.2 Å². The van der Waals surface area contributed by atoms with E-state index >= 15 is 0 Å². The number of thiocarbonyl (C=S) groups is 1. The third kappa shape index (κ3) is 4.35. The van der Waals surface area contributed by atoms with Gasteiger partial charge in [-0.15, -0.1) is 0 Å². The van der Waals surface area contributed by atoms with Crippen molar-refractivity contribution in [2.24, 2.45) is 0 Å². The Labute approximate surface area is 127 Å². The summed E-state index contributed by atoms with van der Waals surface area (Å²) in [5.74, 6) is 0. The van der Waals surface area contributed by atoms with Crippen molar-refractivity contribution < 1.29 is 0 Å². The van der Waals surface area contributed by atoms with Crippen molar-refractivity contribution in [3.05, 3.63) is 58.3 Å². The predicted molar refractivity (Wildman–Crippen MR) is 83.8 cm³/mol. The zero-order valence-corrected chi connectivity index (χ0v) is 12.2. The summed E-state index contributed by atoms with van der Waals surface area (Å²) >= 11 is 17.2. The average molecular weight is 312 g/mol. The lowest BCUT2D eigenvalue weighted by atomic mass is 10.2. The van der Waals surface area contributed by atoms with Crippen molar-refractivity contribution in [2.45, 2.75) is 6.54 Å². The van der Waals surface area contributed by atoms with Gasteiger partial charge < -0.3 is 10.6 Å². The summed E-state index contributed by atoms with van der Waals surface area (Å²) in [5, 5.41) is 7.90. The second-order valence-corrected chi connectivity index (χ2v) is 5.04. The molecule has 0 saturated carbocycles. The van der Waals surface area contributed by atoms with Crippen LogP contribution >= 0.6 is 35.4 Å². The molecule has 19 heavy (non-hydrogen) atoms. The van der Waals surface area contributed by atoms with Gasteiger partial charge in [-0.05, 0) is 48.1 Å². The highest BCUT2D eigenvalue weighted by Crippen LogP contribution is 2.20. The molecule has 0 amide bonds. The van der Waals surface area contributed by atoms with E-state index in [1.165, 1.54) is 0 Å². The van der Waals surface area contributed by atoms with Crippen LogP contribution in [0.4, 0.5) is 5.69 Å². The van der Waals surface area contributed by atoms with Crippen LogP contribution in [0.1, 0.15) is 5.56 Å². The third-order valence-corrected chi connectivity index (χ3v) is 3.22. The van der Waals surface area contributed by atoms with Gasteiger partial charge in [-0.3, -0.25) is 4.98 Å². The first kappa shape index (κ1) is 14.1. The quantitative estimate of drug-likeness (QED) is 0.844. The average Bonchev–Trinajstić information content (AvgIpc) is 2.41. The number of aromatic nitrogens is 1. The minimum atomic E-state index is 0.504. The molecule has 2 aromatic rings. The highest BCUT2D eigenvalue weighted by Gasteiger charge is 2.03. The molecule has 2 N–H and O–H groups in total. The number of hydrogen-bond donors (Lipinski definition) is 2. The zero-order valence-electron chi connectivity index (χ0n) is 9.86. The van der Waals surface area contributed by atoms with Crippen LogP contribution in [0.5, 0.6) is 0 Å². The van der Waals surface area contributed by atoms with Gasteiger partial charge in [-0.25, -0.2) is 0 Å². The van der Waals surface area contributed by atoms with Crippen LogP contribution in [-0.4, -0.2) is 10.1 Å². The first-order chi connectivity index (χ1) is 9.15. The lowest BCUT2D eigenvalue weighted by molar-refractivity contribution is 0.926. The minimum absolute atomic E-state index is 0.504. The molecule has 0 aliphatic heterocycles. The first-order valence-corrected chi connectivity index (χ1v) is 6.70. The maximum absolute atomic E-state index is 6.07. The Balaban J connectivity index is 1.92.